The predicted molar refractivity (Wildman–Crippen MR) is 74.8 cm³/mol. The zero-order valence-electron chi connectivity index (χ0n) is 11.9. The lowest BCUT2D eigenvalue weighted by molar-refractivity contribution is -0.143. The molecule has 1 fully saturated rings. The molecule has 0 saturated carbocycles. The van der Waals surface area contributed by atoms with Crippen molar-refractivity contribution >= 4 is 23.8 Å². The average molecular weight is 305 g/mol. The van der Waals surface area contributed by atoms with E-state index in [9.17, 15) is 19.2 Å². The van der Waals surface area contributed by atoms with Gasteiger partial charge in [0, 0.05) is 7.05 Å². The van der Waals surface area contributed by atoms with E-state index < -0.39 is 30.3 Å². The molecule has 0 spiro atoms. The lowest BCUT2D eigenvalue weighted by atomic mass is 10.3. The summed E-state index contributed by atoms with van der Waals surface area (Å²) < 4.78 is 5.38. The highest BCUT2D eigenvalue weighted by atomic mass is 16.5. The maximum atomic E-state index is 11.7. The topological polar surface area (TPSA) is 96.0 Å². The molecular formula is C14H15N3O5. The molecule has 8 heteroatoms. The third-order valence-electron chi connectivity index (χ3n) is 2.99. The number of likely N-dealkylation sites (N-methyl/N-ethyl adjacent to an activating group) is 1. The van der Waals surface area contributed by atoms with Crippen LogP contribution >= 0.6 is 0 Å². The Balaban J connectivity index is 1.73. The summed E-state index contributed by atoms with van der Waals surface area (Å²) in [5.41, 5.74) is 0. The molecule has 1 N–H and O–H groups in total. The van der Waals surface area contributed by atoms with Crippen molar-refractivity contribution in [3.63, 3.8) is 0 Å². The standard InChI is InChI=1S/C14H15N3O5/c1-16-12(19)13(20)17(14(16)21)9-11(18)15-7-8-22-10-5-3-2-4-6-10/h2-6H,7-9H2,1H3,(H,15,18). The van der Waals surface area contributed by atoms with Gasteiger partial charge in [-0.3, -0.25) is 19.3 Å². The van der Waals surface area contributed by atoms with Crippen LogP contribution in [0.1, 0.15) is 0 Å². The van der Waals surface area contributed by atoms with Gasteiger partial charge in [0.1, 0.15) is 18.9 Å². The second-order valence-electron chi connectivity index (χ2n) is 4.55. The molecule has 1 saturated heterocycles. The van der Waals surface area contributed by atoms with Crippen molar-refractivity contribution < 1.29 is 23.9 Å². The molecule has 1 aromatic rings. The smallest absolute Gasteiger partial charge is 0.334 e. The van der Waals surface area contributed by atoms with Crippen molar-refractivity contribution in [1.82, 2.24) is 15.1 Å². The molecule has 1 aliphatic rings. The Bertz CT molecular complexity index is 602. The van der Waals surface area contributed by atoms with Crippen molar-refractivity contribution in [2.24, 2.45) is 0 Å². The van der Waals surface area contributed by atoms with Gasteiger partial charge in [-0.25, -0.2) is 9.69 Å². The van der Waals surface area contributed by atoms with Gasteiger partial charge in [-0.1, -0.05) is 18.2 Å². The fourth-order valence-corrected chi connectivity index (χ4v) is 1.83. The number of hydrogen-bond acceptors (Lipinski definition) is 5. The molecule has 0 aliphatic carbocycles. The van der Waals surface area contributed by atoms with E-state index in [2.05, 4.69) is 5.32 Å². The number of amides is 5. The van der Waals surface area contributed by atoms with Crippen LogP contribution in [0, 0.1) is 0 Å². The van der Waals surface area contributed by atoms with Crippen molar-refractivity contribution in [3.05, 3.63) is 30.3 Å². The van der Waals surface area contributed by atoms with Crippen LogP contribution in [0.15, 0.2) is 30.3 Å². The fraction of sp³-hybridized carbons (Fsp3) is 0.286. The quantitative estimate of drug-likeness (QED) is 0.438. The van der Waals surface area contributed by atoms with Crippen molar-refractivity contribution in [1.29, 1.82) is 0 Å². The van der Waals surface area contributed by atoms with Gasteiger partial charge in [0.2, 0.25) is 5.91 Å². The van der Waals surface area contributed by atoms with Crippen LogP contribution in [0.4, 0.5) is 4.79 Å². The molecule has 22 heavy (non-hydrogen) atoms. The minimum absolute atomic E-state index is 0.216. The van der Waals surface area contributed by atoms with Gasteiger partial charge >= 0.3 is 17.8 Å². The molecule has 1 heterocycles. The fourth-order valence-electron chi connectivity index (χ4n) is 1.83. The maximum Gasteiger partial charge on any atom is 0.334 e. The van der Waals surface area contributed by atoms with E-state index in [1.54, 1.807) is 12.1 Å². The molecule has 0 radical (unpaired) electrons. The van der Waals surface area contributed by atoms with Crippen molar-refractivity contribution in [2.45, 2.75) is 0 Å². The van der Waals surface area contributed by atoms with E-state index in [0.717, 1.165) is 0 Å². The Morgan fingerprint density at radius 3 is 2.41 bits per heavy atom. The van der Waals surface area contributed by atoms with Crippen molar-refractivity contribution in [3.8, 4) is 5.75 Å². The Labute approximate surface area is 126 Å². The number of carbonyl (C=O) groups is 4. The molecule has 0 bridgehead atoms. The minimum atomic E-state index is -0.997. The first-order valence-corrected chi connectivity index (χ1v) is 6.58. The molecular weight excluding hydrogens is 290 g/mol. The highest BCUT2D eigenvalue weighted by molar-refractivity contribution is 6.44. The summed E-state index contributed by atoms with van der Waals surface area (Å²) in [6.45, 7) is -0.0245. The van der Waals surface area contributed by atoms with Crippen LogP contribution in [0.25, 0.3) is 0 Å². The summed E-state index contributed by atoms with van der Waals surface area (Å²) in [5, 5.41) is 2.51. The van der Waals surface area contributed by atoms with E-state index in [4.69, 9.17) is 4.74 Å². The Morgan fingerprint density at radius 1 is 1.14 bits per heavy atom. The number of ether oxygens (including phenoxy) is 1. The number of carbonyl (C=O) groups excluding carboxylic acids is 4. The SMILES string of the molecule is CN1C(=O)C(=O)N(CC(=O)NCCOc2ccccc2)C1=O. The molecule has 0 unspecified atom stereocenters. The van der Waals surface area contributed by atoms with E-state index in [-0.39, 0.29) is 13.2 Å². The molecule has 2 rings (SSSR count). The number of nitrogens with one attached hydrogen (secondary N) is 1. The average Bonchev–Trinajstić information content (AvgIpc) is 2.70. The largest absolute Gasteiger partial charge is 0.492 e. The highest BCUT2D eigenvalue weighted by Crippen LogP contribution is 2.09. The van der Waals surface area contributed by atoms with Crippen LogP contribution in [-0.4, -0.2) is 60.3 Å². The first kappa shape index (κ1) is 15.5. The number of nitrogens with zero attached hydrogens (tertiary/aromatic N) is 2. The number of hydrogen-bond donors (Lipinski definition) is 1. The summed E-state index contributed by atoms with van der Waals surface area (Å²) in [6.07, 6.45) is 0. The second-order valence-corrected chi connectivity index (χ2v) is 4.55. The number of para-hydroxylation sites is 1. The Hall–Kier alpha value is -2.90. The van der Waals surface area contributed by atoms with Gasteiger partial charge in [0.05, 0.1) is 6.54 Å². The zero-order chi connectivity index (χ0) is 16.1. The summed E-state index contributed by atoms with van der Waals surface area (Å²) in [6, 6.07) is 8.27. The summed E-state index contributed by atoms with van der Waals surface area (Å²) in [4.78, 5) is 47.3. The van der Waals surface area contributed by atoms with Gasteiger partial charge < -0.3 is 10.1 Å². The molecule has 5 amide bonds. The monoisotopic (exact) mass is 305 g/mol. The van der Waals surface area contributed by atoms with E-state index >= 15 is 0 Å². The van der Waals surface area contributed by atoms with Crippen LogP contribution in [0.5, 0.6) is 5.75 Å². The maximum absolute atomic E-state index is 11.7. The molecule has 0 atom stereocenters. The van der Waals surface area contributed by atoms with Crippen LogP contribution in [0.2, 0.25) is 0 Å². The van der Waals surface area contributed by atoms with Gasteiger partial charge in [0.15, 0.2) is 0 Å². The Kier molecular flexibility index (Phi) is 4.72. The first-order chi connectivity index (χ1) is 10.5. The molecule has 0 aromatic heterocycles. The highest BCUT2D eigenvalue weighted by Gasteiger charge is 2.42. The predicted octanol–water partition coefficient (Wildman–Crippen LogP) is -0.398. The van der Waals surface area contributed by atoms with E-state index in [1.807, 2.05) is 18.2 Å². The normalized spacial score (nSPS) is 14.5. The second kappa shape index (κ2) is 6.70. The molecule has 1 aliphatic heterocycles. The zero-order valence-corrected chi connectivity index (χ0v) is 11.9. The van der Waals surface area contributed by atoms with E-state index in [0.29, 0.717) is 15.5 Å². The third kappa shape index (κ3) is 3.40. The van der Waals surface area contributed by atoms with E-state index in [1.165, 1.54) is 7.05 Å². The van der Waals surface area contributed by atoms with Crippen LogP contribution < -0.4 is 10.1 Å². The molecule has 116 valence electrons. The summed E-state index contributed by atoms with van der Waals surface area (Å²) in [5.74, 6) is -1.80. The molecule has 8 nitrogen and oxygen atoms in total. The van der Waals surface area contributed by atoms with Gasteiger partial charge in [-0.15, -0.1) is 0 Å². The number of urea groups is 1. The number of rotatable bonds is 6. The number of imide groups is 2. The Morgan fingerprint density at radius 2 is 1.82 bits per heavy atom. The summed E-state index contributed by atoms with van der Waals surface area (Å²) in [7, 11) is 1.19. The molecule has 1 aromatic carbocycles. The van der Waals surface area contributed by atoms with Crippen molar-refractivity contribution in [2.75, 3.05) is 26.7 Å². The first-order valence-electron chi connectivity index (χ1n) is 6.58. The van der Waals surface area contributed by atoms with Gasteiger partial charge in [-0.2, -0.15) is 0 Å². The van der Waals surface area contributed by atoms with Crippen LogP contribution in [0.3, 0.4) is 0 Å². The number of benzene rings is 1. The summed E-state index contributed by atoms with van der Waals surface area (Å²) >= 11 is 0. The van der Waals surface area contributed by atoms with Crippen LogP contribution in [-0.2, 0) is 14.4 Å². The minimum Gasteiger partial charge on any atom is -0.492 e. The third-order valence-corrected chi connectivity index (χ3v) is 2.99. The van der Waals surface area contributed by atoms with Gasteiger partial charge in [0.25, 0.3) is 0 Å². The lowest BCUT2D eigenvalue weighted by Crippen LogP contribution is -2.42. The van der Waals surface area contributed by atoms with Gasteiger partial charge in [-0.05, 0) is 12.1 Å². The lowest BCUT2D eigenvalue weighted by Gasteiger charge is -2.13.